The van der Waals surface area contributed by atoms with Crippen molar-refractivity contribution in [2.75, 3.05) is 13.1 Å². The van der Waals surface area contributed by atoms with Crippen molar-refractivity contribution in [3.05, 3.63) is 24.3 Å². The van der Waals surface area contributed by atoms with Gasteiger partial charge >= 0.3 is 11.9 Å². The number of carbonyl (C=O) groups is 2. The number of fused-ring (bicyclic) bond motifs is 4. The van der Waals surface area contributed by atoms with E-state index >= 15 is 0 Å². The minimum Gasteiger partial charge on any atom is -0.462 e. The van der Waals surface area contributed by atoms with Crippen LogP contribution in [0, 0.1) is 46.3 Å². The van der Waals surface area contributed by atoms with Gasteiger partial charge in [-0.05, 0) is 86.9 Å². The number of hydrogen-bond donors (Lipinski definition) is 1. The van der Waals surface area contributed by atoms with E-state index in [1.165, 1.54) is 16.2 Å². The molecule has 1 N–H and O–H groups in total. The fourth-order valence-electron chi connectivity index (χ4n) is 9.46. The molecule has 0 aromatic rings. The summed E-state index contributed by atoms with van der Waals surface area (Å²) in [6, 6.07) is 0. The lowest BCUT2D eigenvalue weighted by molar-refractivity contribution is -0.155. The Kier molecular flexibility index (Phi) is 5.95. The van der Waals surface area contributed by atoms with Crippen LogP contribution in [0.3, 0.4) is 0 Å². The first-order chi connectivity index (χ1) is 17.1. The summed E-state index contributed by atoms with van der Waals surface area (Å²) in [6.45, 7) is 13.8. The Bertz CT molecular complexity index is 900. The average Bonchev–Trinajstić information content (AvgIpc) is 3.25. The Morgan fingerprint density at radius 2 is 1.25 bits per heavy atom. The van der Waals surface area contributed by atoms with Gasteiger partial charge < -0.3 is 14.7 Å². The monoisotopic (exact) mass is 497 g/mol. The van der Waals surface area contributed by atoms with Crippen molar-refractivity contribution in [2.45, 2.75) is 90.3 Å². The lowest BCUT2D eigenvalue weighted by Crippen LogP contribution is -2.47. The predicted molar refractivity (Wildman–Crippen MR) is 135 cm³/mol. The highest BCUT2D eigenvalue weighted by Gasteiger charge is 2.57. The number of ether oxygens (including phenoxy) is 2. The number of esters is 2. The summed E-state index contributed by atoms with van der Waals surface area (Å²) < 4.78 is 11.8. The summed E-state index contributed by atoms with van der Waals surface area (Å²) in [6.07, 6.45) is 10.2. The second-order valence-electron chi connectivity index (χ2n) is 13.7. The first-order valence-corrected chi connectivity index (χ1v) is 14.3. The van der Waals surface area contributed by atoms with E-state index in [0.29, 0.717) is 11.8 Å². The number of nitrogens with zero attached hydrogens (tertiary/aromatic N) is 1. The van der Waals surface area contributed by atoms with Crippen LogP contribution in [-0.4, -0.2) is 47.5 Å². The zero-order chi connectivity index (χ0) is 25.4. The molecular weight excluding hydrogens is 454 g/mol. The maximum absolute atomic E-state index is 12.9. The third-order valence-electron chi connectivity index (χ3n) is 11.5. The summed E-state index contributed by atoms with van der Waals surface area (Å²) in [5.41, 5.74) is 2.95. The summed E-state index contributed by atoms with van der Waals surface area (Å²) in [7, 11) is 0. The van der Waals surface area contributed by atoms with E-state index in [1.807, 2.05) is 0 Å². The van der Waals surface area contributed by atoms with E-state index in [-0.39, 0.29) is 71.7 Å². The molecule has 4 saturated carbocycles. The molecule has 6 aliphatic rings. The third kappa shape index (κ3) is 3.89. The van der Waals surface area contributed by atoms with Gasteiger partial charge in [0.05, 0.1) is 11.8 Å². The second-order valence-corrected chi connectivity index (χ2v) is 13.7. The standard InChI is InChI=1S/C30H43NO5/c1-17-7-5-9-29(3)13-25-19(11-23(17)29)21(27(32)35-25)15-31(34)16-22-20-12-24-18(2)8-6-10-30(24,4)14-26(20)36-28(22)33/h19-26,34H,1-2,5-16H2,3-4H3/t19-,20-,21+,22+,23-,24+,25+,26-,29+,30+/m0/s1. The van der Waals surface area contributed by atoms with Gasteiger partial charge in [-0.25, -0.2) is 0 Å². The molecule has 6 rings (SSSR count). The SMILES string of the molecule is C=C1CCC[C@]2(C)C[C@@H]3OC(=O)[C@H](CN(O)C[C@H]4C(=O)O[C@@H]5C[C@@]6(C)CCCC(=C)[C@@H]6C[C@H]54)[C@@H]3C[C@H]12. The van der Waals surface area contributed by atoms with Gasteiger partial charge in [0.1, 0.15) is 12.2 Å². The van der Waals surface area contributed by atoms with Crippen LogP contribution < -0.4 is 0 Å². The molecule has 0 bridgehead atoms. The van der Waals surface area contributed by atoms with E-state index in [0.717, 1.165) is 64.2 Å². The van der Waals surface area contributed by atoms with Crippen LogP contribution in [0.1, 0.15) is 78.1 Å². The van der Waals surface area contributed by atoms with Crippen molar-refractivity contribution in [2.24, 2.45) is 46.3 Å². The molecule has 0 unspecified atom stereocenters. The minimum atomic E-state index is -0.361. The van der Waals surface area contributed by atoms with Crippen LogP contribution in [-0.2, 0) is 19.1 Å². The number of hydroxylamine groups is 2. The topological polar surface area (TPSA) is 76.1 Å². The van der Waals surface area contributed by atoms with Crippen LogP contribution in [0.15, 0.2) is 24.3 Å². The first-order valence-electron chi connectivity index (χ1n) is 14.3. The highest BCUT2D eigenvalue weighted by Crippen LogP contribution is 2.58. The Labute approximate surface area is 215 Å². The molecule has 36 heavy (non-hydrogen) atoms. The molecule has 0 amide bonds. The highest BCUT2D eigenvalue weighted by molar-refractivity contribution is 5.76. The molecule has 6 nitrogen and oxygen atoms in total. The molecule has 2 saturated heterocycles. The van der Waals surface area contributed by atoms with Gasteiger partial charge in [-0.3, -0.25) is 9.59 Å². The smallest absolute Gasteiger partial charge is 0.311 e. The minimum absolute atomic E-state index is 0.0720. The summed E-state index contributed by atoms with van der Waals surface area (Å²) in [4.78, 5) is 25.9. The molecule has 4 aliphatic carbocycles. The van der Waals surface area contributed by atoms with Gasteiger partial charge in [-0.15, -0.1) is 0 Å². The fraction of sp³-hybridized carbons (Fsp3) is 0.800. The maximum Gasteiger partial charge on any atom is 0.311 e. The van der Waals surface area contributed by atoms with Gasteiger partial charge in [-0.1, -0.05) is 38.2 Å². The Morgan fingerprint density at radius 3 is 1.67 bits per heavy atom. The van der Waals surface area contributed by atoms with E-state index in [1.54, 1.807) is 0 Å². The predicted octanol–water partition coefficient (Wildman–Crippen LogP) is 5.31. The zero-order valence-corrected chi connectivity index (χ0v) is 22.0. The molecule has 2 aliphatic heterocycles. The molecule has 0 radical (unpaired) electrons. The van der Waals surface area contributed by atoms with E-state index < -0.39 is 0 Å². The number of carbonyl (C=O) groups excluding carboxylic acids is 2. The van der Waals surface area contributed by atoms with E-state index in [9.17, 15) is 14.8 Å². The normalized spacial score (nSPS) is 48.1. The van der Waals surface area contributed by atoms with Crippen LogP contribution in [0.4, 0.5) is 0 Å². The lowest BCUT2D eigenvalue weighted by Gasteiger charge is -2.50. The molecule has 0 aromatic carbocycles. The zero-order valence-electron chi connectivity index (χ0n) is 22.0. The number of allylic oxidation sites excluding steroid dienone is 2. The van der Waals surface area contributed by atoms with Gasteiger partial charge in [0.2, 0.25) is 0 Å². The number of rotatable bonds is 4. The Morgan fingerprint density at radius 1 is 0.833 bits per heavy atom. The average molecular weight is 498 g/mol. The maximum atomic E-state index is 12.9. The molecule has 0 spiro atoms. The van der Waals surface area contributed by atoms with Gasteiger partial charge in [-0.2, -0.15) is 5.06 Å². The number of hydrogen-bond acceptors (Lipinski definition) is 6. The quantitative estimate of drug-likeness (QED) is 0.322. The van der Waals surface area contributed by atoms with Crippen LogP contribution in [0.25, 0.3) is 0 Å². The van der Waals surface area contributed by atoms with Crippen molar-refractivity contribution in [1.29, 1.82) is 0 Å². The second kappa shape index (κ2) is 8.69. The Hall–Kier alpha value is -1.66. The van der Waals surface area contributed by atoms with Crippen LogP contribution in [0.5, 0.6) is 0 Å². The van der Waals surface area contributed by atoms with Crippen LogP contribution >= 0.6 is 0 Å². The fourth-order valence-corrected chi connectivity index (χ4v) is 9.46. The van der Waals surface area contributed by atoms with Gasteiger partial charge in [0.25, 0.3) is 0 Å². The summed E-state index contributed by atoms with van der Waals surface area (Å²) >= 11 is 0. The molecule has 6 heteroatoms. The largest absolute Gasteiger partial charge is 0.462 e. The summed E-state index contributed by atoms with van der Waals surface area (Å²) in [5, 5.41) is 12.3. The molecule has 10 atom stereocenters. The summed E-state index contributed by atoms with van der Waals surface area (Å²) in [5.74, 6) is -0.0784. The van der Waals surface area contributed by atoms with E-state index in [4.69, 9.17) is 9.47 Å². The van der Waals surface area contributed by atoms with Crippen LogP contribution in [0.2, 0.25) is 0 Å². The van der Waals surface area contributed by atoms with Crippen molar-refractivity contribution in [3.63, 3.8) is 0 Å². The van der Waals surface area contributed by atoms with E-state index in [2.05, 4.69) is 27.0 Å². The van der Waals surface area contributed by atoms with Crippen molar-refractivity contribution in [1.82, 2.24) is 5.06 Å². The van der Waals surface area contributed by atoms with Crippen molar-refractivity contribution < 1.29 is 24.3 Å². The highest BCUT2D eigenvalue weighted by atomic mass is 16.6. The molecular formula is C30H43NO5. The van der Waals surface area contributed by atoms with Crippen molar-refractivity contribution >= 4 is 11.9 Å². The van der Waals surface area contributed by atoms with Crippen molar-refractivity contribution in [3.8, 4) is 0 Å². The lowest BCUT2D eigenvalue weighted by atomic mass is 9.55. The Balaban J connectivity index is 1.13. The van der Waals surface area contributed by atoms with Gasteiger partial charge in [0.15, 0.2) is 0 Å². The molecule has 6 fully saturated rings. The van der Waals surface area contributed by atoms with Gasteiger partial charge in [0, 0.05) is 24.9 Å². The first kappa shape index (κ1) is 24.7. The molecule has 198 valence electrons. The third-order valence-corrected chi connectivity index (χ3v) is 11.5. The molecule has 0 aromatic heterocycles. The molecule has 2 heterocycles.